The number of ether oxygens (including phenoxy) is 1. The van der Waals surface area contributed by atoms with Gasteiger partial charge >= 0.3 is 5.97 Å². The molecule has 1 fully saturated rings. The number of nitrogens with zero attached hydrogens (tertiary/aromatic N) is 3. The van der Waals surface area contributed by atoms with E-state index < -0.39 is 5.97 Å². The van der Waals surface area contributed by atoms with Gasteiger partial charge in [-0.05, 0) is 12.8 Å². The topological polar surface area (TPSA) is 106 Å². The summed E-state index contributed by atoms with van der Waals surface area (Å²) in [5.41, 5.74) is 0.106. The summed E-state index contributed by atoms with van der Waals surface area (Å²) < 4.78 is 6.46. The number of aliphatic carboxylic acids is 1. The van der Waals surface area contributed by atoms with E-state index in [0.717, 1.165) is 24.1 Å². The minimum absolute atomic E-state index is 0.0583. The summed E-state index contributed by atoms with van der Waals surface area (Å²) in [6.07, 6.45) is 3.31. The number of carbonyl (C=O) groups excluding carboxylic acids is 1. The third-order valence-corrected chi connectivity index (χ3v) is 2.58. The lowest BCUT2D eigenvalue weighted by molar-refractivity contribution is -0.137. The van der Waals surface area contributed by atoms with Gasteiger partial charge in [-0.15, -0.1) is 5.10 Å². The van der Waals surface area contributed by atoms with Crippen molar-refractivity contribution in [3.05, 3.63) is 11.9 Å². The van der Waals surface area contributed by atoms with Gasteiger partial charge < -0.3 is 15.2 Å². The summed E-state index contributed by atoms with van der Waals surface area (Å²) >= 11 is 0. The van der Waals surface area contributed by atoms with E-state index in [1.54, 1.807) is 0 Å². The predicted molar refractivity (Wildman–Crippen MR) is 59.0 cm³/mol. The van der Waals surface area contributed by atoms with E-state index in [2.05, 4.69) is 15.6 Å². The van der Waals surface area contributed by atoms with Crippen molar-refractivity contribution in [1.82, 2.24) is 20.3 Å². The standard InChI is InChI=1S/C10H14N4O4/c15-9(16)6-14-5-8(12-13-14)10(17)11-4-7-2-1-3-18-7/h5,7H,1-4,6H2,(H,11,17)(H,15,16). The first kappa shape index (κ1) is 12.5. The van der Waals surface area contributed by atoms with Gasteiger partial charge in [0.15, 0.2) is 5.69 Å². The van der Waals surface area contributed by atoms with Crippen molar-refractivity contribution in [2.24, 2.45) is 0 Å². The Balaban J connectivity index is 1.84. The molecule has 98 valence electrons. The first-order valence-electron chi connectivity index (χ1n) is 5.67. The molecule has 0 aromatic carbocycles. The van der Waals surface area contributed by atoms with E-state index in [9.17, 15) is 9.59 Å². The Morgan fingerprint density at radius 2 is 2.44 bits per heavy atom. The van der Waals surface area contributed by atoms with Crippen molar-refractivity contribution < 1.29 is 19.4 Å². The molecule has 1 saturated heterocycles. The van der Waals surface area contributed by atoms with E-state index in [0.29, 0.717) is 6.54 Å². The quantitative estimate of drug-likeness (QED) is 0.717. The molecule has 1 atom stereocenters. The van der Waals surface area contributed by atoms with Gasteiger partial charge in [0.25, 0.3) is 5.91 Å². The first-order valence-corrected chi connectivity index (χ1v) is 5.67. The maximum atomic E-state index is 11.7. The van der Waals surface area contributed by atoms with Gasteiger partial charge in [0.1, 0.15) is 6.54 Å². The summed E-state index contributed by atoms with van der Waals surface area (Å²) in [6, 6.07) is 0. The molecule has 2 N–H and O–H groups in total. The molecule has 0 bridgehead atoms. The van der Waals surface area contributed by atoms with Crippen LogP contribution in [0.4, 0.5) is 0 Å². The predicted octanol–water partition coefficient (Wildman–Crippen LogP) is -0.728. The number of hydrogen-bond donors (Lipinski definition) is 2. The van der Waals surface area contributed by atoms with Crippen LogP contribution in [0.3, 0.4) is 0 Å². The molecule has 2 rings (SSSR count). The molecule has 0 aliphatic carbocycles. The fourth-order valence-electron chi connectivity index (χ4n) is 1.72. The molecule has 1 aromatic rings. The third kappa shape index (κ3) is 3.27. The molecule has 8 heteroatoms. The molecule has 0 spiro atoms. The highest BCUT2D eigenvalue weighted by atomic mass is 16.5. The zero-order valence-corrected chi connectivity index (χ0v) is 9.70. The van der Waals surface area contributed by atoms with E-state index >= 15 is 0 Å². The fourth-order valence-corrected chi connectivity index (χ4v) is 1.72. The molecule has 8 nitrogen and oxygen atoms in total. The number of nitrogens with one attached hydrogen (secondary N) is 1. The molecule has 18 heavy (non-hydrogen) atoms. The molecular weight excluding hydrogens is 240 g/mol. The van der Waals surface area contributed by atoms with E-state index in [4.69, 9.17) is 9.84 Å². The van der Waals surface area contributed by atoms with Crippen LogP contribution < -0.4 is 5.32 Å². The van der Waals surface area contributed by atoms with Crippen LogP contribution in [0.2, 0.25) is 0 Å². The Kier molecular flexibility index (Phi) is 3.88. The Morgan fingerprint density at radius 1 is 1.61 bits per heavy atom. The molecule has 1 aliphatic heterocycles. The molecular formula is C10H14N4O4. The lowest BCUT2D eigenvalue weighted by atomic mass is 10.2. The second kappa shape index (κ2) is 5.58. The van der Waals surface area contributed by atoms with Crippen LogP contribution in [-0.2, 0) is 16.1 Å². The van der Waals surface area contributed by atoms with E-state index in [1.165, 1.54) is 6.20 Å². The van der Waals surface area contributed by atoms with Gasteiger partial charge in [-0.1, -0.05) is 5.21 Å². The molecule has 1 aliphatic rings. The average molecular weight is 254 g/mol. The zero-order valence-electron chi connectivity index (χ0n) is 9.70. The molecule has 1 aromatic heterocycles. The van der Waals surface area contributed by atoms with Crippen LogP contribution in [0.25, 0.3) is 0 Å². The van der Waals surface area contributed by atoms with E-state index in [-0.39, 0.29) is 24.2 Å². The number of amides is 1. The summed E-state index contributed by atoms with van der Waals surface area (Å²) in [5, 5.41) is 18.4. The van der Waals surface area contributed by atoms with Gasteiger partial charge in [0, 0.05) is 13.2 Å². The fraction of sp³-hybridized carbons (Fsp3) is 0.600. The smallest absolute Gasteiger partial charge is 0.325 e. The van der Waals surface area contributed by atoms with Crippen molar-refractivity contribution in [1.29, 1.82) is 0 Å². The number of rotatable bonds is 5. The van der Waals surface area contributed by atoms with Crippen LogP contribution in [0.15, 0.2) is 6.20 Å². The Bertz CT molecular complexity index is 439. The van der Waals surface area contributed by atoms with Gasteiger partial charge in [-0.2, -0.15) is 0 Å². The van der Waals surface area contributed by atoms with Crippen molar-refractivity contribution in [2.75, 3.05) is 13.2 Å². The van der Waals surface area contributed by atoms with Crippen LogP contribution in [0.5, 0.6) is 0 Å². The number of carboxylic acids is 1. The molecule has 1 unspecified atom stereocenters. The maximum absolute atomic E-state index is 11.7. The van der Waals surface area contributed by atoms with Crippen LogP contribution in [0, 0.1) is 0 Å². The van der Waals surface area contributed by atoms with Crippen LogP contribution >= 0.6 is 0 Å². The monoisotopic (exact) mass is 254 g/mol. The van der Waals surface area contributed by atoms with Crippen molar-refractivity contribution in [2.45, 2.75) is 25.5 Å². The minimum Gasteiger partial charge on any atom is -0.480 e. The van der Waals surface area contributed by atoms with Crippen LogP contribution in [0.1, 0.15) is 23.3 Å². The van der Waals surface area contributed by atoms with Gasteiger partial charge in [-0.3, -0.25) is 9.59 Å². The number of aromatic nitrogens is 3. The van der Waals surface area contributed by atoms with Crippen molar-refractivity contribution >= 4 is 11.9 Å². The Hall–Kier alpha value is -1.96. The highest BCUT2D eigenvalue weighted by Gasteiger charge is 2.18. The van der Waals surface area contributed by atoms with Crippen molar-refractivity contribution in [3.63, 3.8) is 0 Å². The summed E-state index contributed by atoms with van der Waals surface area (Å²) in [7, 11) is 0. The highest BCUT2D eigenvalue weighted by Crippen LogP contribution is 2.10. The lowest BCUT2D eigenvalue weighted by Crippen LogP contribution is -2.32. The third-order valence-electron chi connectivity index (χ3n) is 2.58. The molecule has 0 radical (unpaired) electrons. The van der Waals surface area contributed by atoms with Gasteiger partial charge in [0.2, 0.25) is 0 Å². The maximum Gasteiger partial charge on any atom is 0.325 e. The normalized spacial score (nSPS) is 18.8. The minimum atomic E-state index is -1.04. The first-order chi connectivity index (χ1) is 8.65. The largest absolute Gasteiger partial charge is 0.480 e. The second-order valence-electron chi connectivity index (χ2n) is 4.04. The van der Waals surface area contributed by atoms with Crippen LogP contribution in [-0.4, -0.2) is 51.2 Å². The summed E-state index contributed by atoms with van der Waals surface area (Å²) in [4.78, 5) is 22.1. The Labute approximate surface area is 103 Å². The lowest BCUT2D eigenvalue weighted by Gasteiger charge is -2.09. The number of hydrogen-bond acceptors (Lipinski definition) is 5. The molecule has 2 heterocycles. The molecule has 1 amide bonds. The Morgan fingerprint density at radius 3 is 3.11 bits per heavy atom. The second-order valence-corrected chi connectivity index (χ2v) is 4.04. The summed E-state index contributed by atoms with van der Waals surface area (Å²) in [5.74, 6) is -1.41. The molecule has 0 saturated carbocycles. The number of carbonyl (C=O) groups is 2. The van der Waals surface area contributed by atoms with Crippen molar-refractivity contribution in [3.8, 4) is 0 Å². The number of carboxylic acid groups (broad SMARTS) is 1. The summed E-state index contributed by atoms with van der Waals surface area (Å²) in [6.45, 7) is 0.853. The van der Waals surface area contributed by atoms with Gasteiger partial charge in [0.05, 0.1) is 12.3 Å². The zero-order chi connectivity index (χ0) is 13.0. The van der Waals surface area contributed by atoms with E-state index in [1.807, 2.05) is 0 Å². The highest BCUT2D eigenvalue weighted by molar-refractivity contribution is 5.91. The van der Waals surface area contributed by atoms with Gasteiger partial charge in [-0.25, -0.2) is 4.68 Å². The average Bonchev–Trinajstić information content (AvgIpc) is 2.95. The SMILES string of the molecule is O=C(O)Cn1cc(C(=O)NCC2CCCO2)nn1.